The van der Waals surface area contributed by atoms with E-state index in [-0.39, 0.29) is 46.6 Å². The molecule has 0 unspecified atom stereocenters. The summed E-state index contributed by atoms with van der Waals surface area (Å²) in [6, 6.07) is 4.46. The van der Waals surface area contributed by atoms with Gasteiger partial charge >= 0.3 is 12.1 Å². The largest absolute Gasteiger partial charge is 0.508 e. The van der Waals surface area contributed by atoms with Gasteiger partial charge in [-0.1, -0.05) is 0 Å². The van der Waals surface area contributed by atoms with Crippen molar-refractivity contribution < 1.29 is 38.0 Å². The molecule has 0 amide bonds. The highest BCUT2D eigenvalue weighted by atomic mass is 19.4. The molecule has 0 atom stereocenters. The number of nitriles is 1. The van der Waals surface area contributed by atoms with Gasteiger partial charge in [-0.05, 0) is 0 Å². The smallest absolute Gasteiger partial charge is 0.490 e. The molecule has 0 radical (unpaired) electrons. The SMILES string of the molecule is N#Cc1c(N)nc2c(c1N)Cc1c(O)cc(O)cc1O2.O=C(O)C(F)(F)F. The number of anilines is 2. The third-order valence-electron chi connectivity index (χ3n) is 3.42. The minimum Gasteiger partial charge on any atom is -0.508 e. The van der Waals surface area contributed by atoms with Crippen LogP contribution in [0.2, 0.25) is 0 Å². The van der Waals surface area contributed by atoms with E-state index in [0.717, 1.165) is 0 Å². The molecule has 7 N–H and O–H groups in total. The van der Waals surface area contributed by atoms with Crippen molar-refractivity contribution in [2.75, 3.05) is 11.5 Å². The number of rotatable bonds is 0. The molecular weight excluding hydrogens is 373 g/mol. The average Bonchev–Trinajstić information content (AvgIpc) is 2.53. The number of carboxylic acid groups (broad SMARTS) is 1. The Bertz CT molecular complexity index is 970. The van der Waals surface area contributed by atoms with Gasteiger partial charge in [-0.3, -0.25) is 0 Å². The number of phenols is 2. The normalized spacial score (nSPS) is 11.8. The van der Waals surface area contributed by atoms with Crippen molar-refractivity contribution in [1.29, 1.82) is 5.26 Å². The number of aliphatic carboxylic acids is 1. The van der Waals surface area contributed by atoms with Crippen molar-refractivity contribution in [1.82, 2.24) is 4.98 Å². The summed E-state index contributed by atoms with van der Waals surface area (Å²) in [4.78, 5) is 12.9. The summed E-state index contributed by atoms with van der Waals surface area (Å²) in [5.41, 5.74) is 12.8. The molecule has 12 heteroatoms. The third-order valence-corrected chi connectivity index (χ3v) is 3.42. The number of nitrogen functional groups attached to an aromatic ring is 2. The zero-order chi connectivity index (χ0) is 20.5. The first kappa shape index (κ1) is 19.4. The lowest BCUT2D eigenvalue weighted by atomic mass is 9.98. The van der Waals surface area contributed by atoms with Crippen molar-refractivity contribution >= 4 is 17.5 Å². The summed E-state index contributed by atoms with van der Waals surface area (Å²) in [6.07, 6.45) is -4.84. The van der Waals surface area contributed by atoms with Crippen LogP contribution in [0.15, 0.2) is 12.1 Å². The number of carbonyl (C=O) groups is 1. The van der Waals surface area contributed by atoms with Gasteiger partial charge in [-0.15, -0.1) is 0 Å². The van der Waals surface area contributed by atoms with E-state index in [4.69, 9.17) is 31.4 Å². The van der Waals surface area contributed by atoms with Gasteiger partial charge in [0, 0.05) is 29.7 Å². The highest BCUT2D eigenvalue weighted by molar-refractivity contribution is 5.73. The van der Waals surface area contributed by atoms with Gasteiger partial charge in [0.15, 0.2) is 0 Å². The summed E-state index contributed by atoms with van der Waals surface area (Å²) in [5.74, 6) is -2.55. The Kier molecular flexibility index (Phi) is 4.89. The predicted octanol–water partition coefficient (Wildman–Crippen LogP) is 1.86. The van der Waals surface area contributed by atoms with E-state index in [0.29, 0.717) is 11.1 Å². The number of nitrogens with zero attached hydrogens (tertiary/aromatic N) is 2. The van der Waals surface area contributed by atoms with Crippen LogP contribution < -0.4 is 16.2 Å². The van der Waals surface area contributed by atoms with E-state index in [1.165, 1.54) is 12.1 Å². The minimum atomic E-state index is -5.08. The van der Waals surface area contributed by atoms with Gasteiger partial charge in [0.1, 0.15) is 34.7 Å². The summed E-state index contributed by atoms with van der Waals surface area (Å²) in [6.45, 7) is 0. The Morgan fingerprint density at radius 2 is 1.85 bits per heavy atom. The molecule has 0 fully saturated rings. The number of hydrogen-bond donors (Lipinski definition) is 5. The Morgan fingerprint density at radius 3 is 2.37 bits per heavy atom. The van der Waals surface area contributed by atoms with Crippen LogP contribution in [0.4, 0.5) is 24.7 Å². The first-order chi connectivity index (χ1) is 12.5. The second-order valence-corrected chi connectivity index (χ2v) is 5.20. The van der Waals surface area contributed by atoms with Gasteiger partial charge in [-0.25, -0.2) is 4.79 Å². The predicted molar refractivity (Wildman–Crippen MR) is 84.1 cm³/mol. The summed E-state index contributed by atoms with van der Waals surface area (Å²) in [7, 11) is 0. The van der Waals surface area contributed by atoms with Crippen LogP contribution in [0.3, 0.4) is 0 Å². The van der Waals surface area contributed by atoms with Gasteiger partial charge in [0.2, 0.25) is 5.88 Å². The van der Waals surface area contributed by atoms with Gasteiger partial charge < -0.3 is 31.5 Å². The Balaban J connectivity index is 0.000000321. The molecular formula is C15H11F3N4O5. The fraction of sp³-hybridized carbons (Fsp3) is 0.133. The summed E-state index contributed by atoms with van der Waals surface area (Å²) in [5, 5.41) is 35.4. The fourth-order valence-electron chi connectivity index (χ4n) is 2.18. The molecule has 0 spiro atoms. The van der Waals surface area contributed by atoms with Crippen LogP contribution in [0.25, 0.3) is 0 Å². The maximum Gasteiger partial charge on any atom is 0.490 e. The molecule has 0 aliphatic carbocycles. The van der Waals surface area contributed by atoms with Crippen LogP contribution in [0.1, 0.15) is 16.7 Å². The lowest BCUT2D eigenvalue weighted by molar-refractivity contribution is -0.192. The minimum absolute atomic E-state index is 0.0171. The number of nitrogens with two attached hydrogens (primary N) is 2. The van der Waals surface area contributed by atoms with E-state index < -0.39 is 12.1 Å². The van der Waals surface area contributed by atoms with E-state index in [9.17, 15) is 23.4 Å². The molecule has 1 aliphatic rings. The number of pyridine rings is 1. The number of halogens is 3. The quantitative estimate of drug-likeness (QED) is 0.387. The number of aromatic hydroxyl groups is 2. The second kappa shape index (κ2) is 6.79. The maximum absolute atomic E-state index is 10.6. The summed E-state index contributed by atoms with van der Waals surface area (Å²) < 4.78 is 37.2. The third kappa shape index (κ3) is 3.87. The summed E-state index contributed by atoms with van der Waals surface area (Å²) >= 11 is 0. The van der Waals surface area contributed by atoms with Gasteiger partial charge in [-0.2, -0.15) is 23.4 Å². The topological polar surface area (TPSA) is 176 Å². The fourth-order valence-corrected chi connectivity index (χ4v) is 2.18. The van der Waals surface area contributed by atoms with Crippen molar-refractivity contribution in [2.45, 2.75) is 12.6 Å². The maximum atomic E-state index is 10.6. The van der Waals surface area contributed by atoms with E-state index in [1.54, 1.807) is 0 Å². The molecule has 0 saturated carbocycles. The molecule has 0 bridgehead atoms. The lowest BCUT2D eigenvalue weighted by Gasteiger charge is -2.22. The molecule has 27 heavy (non-hydrogen) atoms. The highest BCUT2D eigenvalue weighted by Gasteiger charge is 2.38. The zero-order valence-corrected chi connectivity index (χ0v) is 13.2. The Hall–Kier alpha value is -3.88. The molecule has 1 aromatic heterocycles. The molecule has 3 rings (SSSR count). The number of benzene rings is 1. The Morgan fingerprint density at radius 1 is 1.26 bits per heavy atom. The van der Waals surface area contributed by atoms with E-state index in [2.05, 4.69) is 4.98 Å². The number of hydrogen-bond acceptors (Lipinski definition) is 8. The number of alkyl halides is 3. The van der Waals surface area contributed by atoms with Crippen molar-refractivity contribution in [2.24, 2.45) is 0 Å². The van der Waals surface area contributed by atoms with Crippen molar-refractivity contribution in [3.63, 3.8) is 0 Å². The molecule has 2 heterocycles. The van der Waals surface area contributed by atoms with Crippen LogP contribution >= 0.6 is 0 Å². The van der Waals surface area contributed by atoms with Crippen LogP contribution in [-0.2, 0) is 11.2 Å². The number of ether oxygens (including phenoxy) is 1. The number of phenolic OH excluding ortho intramolecular Hbond substituents is 2. The molecule has 9 nitrogen and oxygen atoms in total. The van der Waals surface area contributed by atoms with E-state index >= 15 is 0 Å². The standard InChI is InChI=1S/C13H10N4O3.C2HF3O2/c14-4-8-11(15)7-3-6-9(19)1-5(18)2-10(6)20-13(7)17-12(8)16;3-2(4,5)1(6)7/h1-2,18-19H,3H2,(H4,15,16,17);(H,6,7). The van der Waals surface area contributed by atoms with Crippen molar-refractivity contribution in [3.8, 4) is 29.2 Å². The zero-order valence-electron chi connectivity index (χ0n) is 13.2. The van der Waals surface area contributed by atoms with E-state index in [1.807, 2.05) is 6.07 Å². The molecule has 1 aromatic carbocycles. The molecule has 142 valence electrons. The highest BCUT2D eigenvalue weighted by Crippen LogP contribution is 2.44. The lowest BCUT2D eigenvalue weighted by Crippen LogP contribution is -2.21. The first-order valence-electron chi connectivity index (χ1n) is 6.96. The number of aromatic nitrogens is 1. The van der Waals surface area contributed by atoms with Crippen molar-refractivity contribution in [3.05, 3.63) is 28.8 Å². The van der Waals surface area contributed by atoms with Crippen LogP contribution in [0.5, 0.6) is 23.1 Å². The van der Waals surface area contributed by atoms with Gasteiger partial charge in [0.25, 0.3) is 0 Å². The number of fused-ring (bicyclic) bond motifs is 2. The van der Waals surface area contributed by atoms with Crippen LogP contribution in [-0.4, -0.2) is 32.4 Å². The van der Waals surface area contributed by atoms with Crippen LogP contribution in [0, 0.1) is 11.3 Å². The average molecular weight is 384 g/mol. The van der Waals surface area contributed by atoms with Gasteiger partial charge in [0.05, 0.1) is 5.69 Å². The first-order valence-corrected chi connectivity index (χ1v) is 6.96. The Labute approximate surface area is 148 Å². The molecule has 1 aliphatic heterocycles. The molecule has 2 aromatic rings. The monoisotopic (exact) mass is 384 g/mol. The second-order valence-electron chi connectivity index (χ2n) is 5.20. The molecule has 0 saturated heterocycles. The number of carboxylic acids is 1.